The van der Waals surface area contributed by atoms with Crippen LogP contribution in [0.15, 0.2) is 84.9 Å². The van der Waals surface area contributed by atoms with Gasteiger partial charge in [-0.05, 0) is 17.7 Å². The number of para-hydroxylation sites is 1. The third-order valence-corrected chi connectivity index (χ3v) is 5.16. The summed E-state index contributed by atoms with van der Waals surface area (Å²) in [5.41, 5.74) is 1.01. The predicted molar refractivity (Wildman–Crippen MR) is 100 cm³/mol. The van der Waals surface area contributed by atoms with Crippen molar-refractivity contribution in [2.45, 2.75) is 4.32 Å². The van der Waals surface area contributed by atoms with Gasteiger partial charge in [-0.25, -0.2) is 0 Å². The molecule has 0 spiro atoms. The second-order valence-electron chi connectivity index (χ2n) is 5.57. The zero-order valence-corrected chi connectivity index (χ0v) is 14.8. The number of hydrogen-bond donors (Lipinski definition) is 1. The van der Waals surface area contributed by atoms with E-state index in [1.807, 2.05) is 6.07 Å². The number of aromatic hydroxyl groups is 1. The SMILES string of the molecule is O=C(c1ccccc1)C(Br)(C(=O)c1ccccc1O)c1ccccc1. The highest BCUT2D eigenvalue weighted by molar-refractivity contribution is 9.10. The van der Waals surface area contributed by atoms with Crippen LogP contribution in [0.5, 0.6) is 5.75 Å². The summed E-state index contributed by atoms with van der Waals surface area (Å²) in [7, 11) is 0. The molecule has 0 bridgehead atoms. The molecule has 0 saturated heterocycles. The van der Waals surface area contributed by atoms with E-state index in [0.29, 0.717) is 11.1 Å². The lowest BCUT2D eigenvalue weighted by Gasteiger charge is -2.26. The largest absolute Gasteiger partial charge is 0.507 e. The summed E-state index contributed by atoms with van der Waals surface area (Å²) in [5.74, 6) is -1.05. The molecule has 0 saturated carbocycles. The zero-order valence-electron chi connectivity index (χ0n) is 13.2. The molecule has 3 rings (SSSR count). The number of Topliss-reactive ketones (excluding diaryl/α,β-unsaturated/α-hetero) is 2. The Kier molecular flexibility index (Phi) is 4.81. The lowest BCUT2D eigenvalue weighted by atomic mass is 9.84. The minimum Gasteiger partial charge on any atom is -0.507 e. The number of carbonyl (C=O) groups is 2. The first-order valence-electron chi connectivity index (χ1n) is 7.72. The van der Waals surface area contributed by atoms with Gasteiger partial charge in [0, 0.05) is 5.56 Å². The fourth-order valence-electron chi connectivity index (χ4n) is 2.67. The molecule has 4 heteroatoms. The maximum absolute atomic E-state index is 13.3. The highest BCUT2D eigenvalue weighted by atomic mass is 79.9. The van der Waals surface area contributed by atoms with Crippen LogP contribution < -0.4 is 0 Å². The Bertz CT molecular complexity index is 907. The lowest BCUT2D eigenvalue weighted by molar-refractivity contribution is 0.0839. The van der Waals surface area contributed by atoms with Gasteiger partial charge in [-0.2, -0.15) is 0 Å². The zero-order chi connectivity index (χ0) is 17.9. The molecule has 0 aromatic heterocycles. The number of alkyl halides is 1. The van der Waals surface area contributed by atoms with Crippen LogP contribution in [0.4, 0.5) is 0 Å². The van der Waals surface area contributed by atoms with Crippen LogP contribution >= 0.6 is 15.9 Å². The standard InChI is InChI=1S/C21H15BrO3/c22-21(16-11-5-2-6-12-16,19(24)15-9-3-1-4-10-15)20(25)17-13-7-8-14-18(17)23/h1-14,23H. The van der Waals surface area contributed by atoms with E-state index in [0.717, 1.165) is 0 Å². The first-order chi connectivity index (χ1) is 12.0. The van der Waals surface area contributed by atoms with Crippen molar-refractivity contribution in [3.63, 3.8) is 0 Å². The summed E-state index contributed by atoms with van der Waals surface area (Å²) in [6, 6.07) is 23.6. The Morgan fingerprint density at radius 3 is 1.84 bits per heavy atom. The maximum atomic E-state index is 13.3. The van der Waals surface area contributed by atoms with Gasteiger partial charge in [0.2, 0.25) is 0 Å². The Morgan fingerprint density at radius 2 is 1.24 bits per heavy atom. The van der Waals surface area contributed by atoms with E-state index in [1.54, 1.807) is 66.7 Å². The quantitative estimate of drug-likeness (QED) is 0.386. The van der Waals surface area contributed by atoms with Crippen LogP contribution in [0.1, 0.15) is 26.3 Å². The molecule has 0 radical (unpaired) electrons. The summed E-state index contributed by atoms with van der Waals surface area (Å²) in [4.78, 5) is 26.5. The molecule has 3 nitrogen and oxygen atoms in total. The van der Waals surface area contributed by atoms with E-state index in [-0.39, 0.29) is 17.1 Å². The van der Waals surface area contributed by atoms with Crippen LogP contribution in [-0.2, 0) is 4.32 Å². The summed E-state index contributed by atoms with van der Waals surface area (Å²) in [6.07, 6.45) is 0. The van der Waals surface area contributed by atoms with Gasteiger partial charge >= 0.3 is 0 Å². The Labute approximate surface area is 154 Å². The number of carbonyl (C=O) groups excluding carboxylic acids is 2. The number of halogens is 1. The molecule has 0 aliphatic rings. The lowest BCUT2D eigenvalue weighted by Crippen LogP contribution is -2.38. The van der Waals surface area contributed by atoms with Gasteiger partial charge < -0.3 is 5.11 Å². The molecule has 0 heterocycles. The van der Waals surface area contributed by atoms with E-state index in [9.17, 15) is 14.7 Å². The van der Waals surface area contributed by atoms with Gasteiger partial charge in [0.1, 0.15) is 5.75 Å². The van der Waals surface area contributed by atoms with Gasteiger partial charge in [-0.3, -0.25) is 9.59 Å². The average molecular weight is 395 g/mol. The van der Waals surface area contributed by atoms with Gasteiger partial charge in [-0.15, -0.1) is 0 Å². The topological polar surface area (TPSA) is 54.4 Å². The van der Waals surface area contributed by atoms with Gasteiger partial charge in [0.25, 0.3) is 0 Å². The molecule has 0 aliphatic heterocycles. The minimum atomic E-state index is -1.62. The first-order valence-corrected chi connectivity index (χ1v) is 8.51. The van der Waals surface area contributed by atoms with Crippen molar-refractivity contribution in [2.75, 3.05) is 0 Å². The highest BCUT2D eigenvalue weighted by Crippen LogP contribution is 2.40. The summed E-state index contributed by atoms with van der Waals surface area (Å²) in [6.45, 7) is 0. The van der Waals surface area contributed by atoms with E-state index < -0.39 is 10.1 Å². The van der Waals surface area contributed by atoms with Crippen LogP contribution in [0.2, 0.25) is 0 Å². The molecular formula is C21H15BrO3. The molecule has 1 N–H and O–H groups in total. The fourth-order valence-corrected chi connectivity index (χ4v) is 3.38. The molecule has 0 aliphatic carbocycles. The molecule has 1 unspecified atom stereocenters. The monoisotopic (exact) mass is 394 g/mol. The van der Waals surface area contributed by atoms with Gasteiger partial charge in [-0.1, -0.05) is 88.7 Å². The second-order valence-corrected chi connectivity index (χ2v) is 6.76. The molecule has 3 aromatic carbocycles. The first kappa shape index (κ1) is 17.1. The summed E-state index contributed by atoms with van der Waals surface area (Å²) >= 11 is 3.42. The Balaban J connectivity index is 2.18. The summed E-state index contributed by atoms with van der Waals surface area (Å²) < 4.78 is -1.62. The van der Waals surface area contributed by atoms with Crippen molar-refractivity contribution in [1.29, 1.82) is 0 Å². The van der Waals surface area contributed by atoms with E-state index >= 15 is 0 Å². The molecule has 1 atom stereocenters. The van der Waals surface area contributed by atoms with Crippen molar-refractivity contribution in [3.05, 3.63) is 102 Å². The number of ketones is 2. The minimum absolute atomic E-state index is 0.0903. The molecule has 25 heavy (non-hydrogen) atoms. The molecule has 124 valence electrons. The van der Waals surface area contributed by atoms with E-state index in [1.165, 1.54) is 12.1 Å². The van der Waals surface area contributed by atoms with Crippen molar-refractivity contribution < 1.29 is 14.7 Å². The van der Waals surface area contributed by atoms with Crippen LogP contribution in [0.25, 0.3) is 0 Å². The number of hydrogen-bond acceptors (Lipinski definition) is 3. The molecular weight excluding hydrogens is 380 g/mol. The van der Waals surface area contributed by atoms with E-state index in [2.05, 4.69) is 15.9 Å². The van der Waals surface area contributed by atoms with Crippen molar-refractivity contribution in [2.24, 2.45) is 0 Å². The smallest absolute Gasteiger partial charge is 0.195 e. The second kappa shape index (κ2) is 7.03. The normalized spacial score (nSPS) is 13.0. The number of benzene rings is 3. The molecule has 0 fully saturated rings. The van der Waals surface area contributed by atoms with Gasteiger partial charge in [0.05, 0.1) is 5.56 Å². The summed E-state index contributed by atoms with van der Waals surface area (Å²) in [5, 5.41) is 10.1. The average Bonchev–Trinajstić information content (AvgIpc) is 2.68. The predicted octanol–water partition coefficient (Wildman–Crippen LogP) is 4.75. The van der Waals surface area contributed by atoms with Crippen LogP contribution in [-0.4, -0.2) is 16.7 Å². The Morgan fingerprint density at radius 1 is 0.720 bits per heavy atom. The highest BCUT2D eigenvalue weighted by Gasteiger charge is 2.46. The number of phenols is 1. The van der Waals surface area contributed by atoms with Crippen molar-refractivity contribution in [1.82, 2.24) is 0 Å². The van der Waals surface area contributed by atoms with Crippen LogP contribution in [0.3, 0.4) is 0 Å². The van der Waals surface area contributed by atoms with Crippen molar-refractivity contribution in [3.8, 4) is 5.75 Å². The molecule has 3 aromatic rings. The number of phenolic OH excluding ortho intramolecular Hbond substituents is 1. The third kappa shape index (κ3) is 3.13. The number of rotatable bonds is 5. The third-order valence-electron chi connectivity index (χ3n) is 3.98. The van der Waals surface area contributed by atoms with Crippen molar-refractivity contribution >= 4 is 27.5 Å². The van der Waals surface area contributed by atoms with E-state index in [4.69, 9.17) is 0 Å². The fraction of sp³-hybridized carbons (Fsp3) is 0.0476. The molecule has 0 amide bonds. The van der Waals surface area contributed by atoms with Gasteiger partial charge in [0.15, 0.2) is 15.9 Å². The van der Waals surface area contributed by atoms with Crippen LogP contribution in [0, 0.1) is 0 Å². The maximum Gasteiger partial charge on any atom is 0.195 e. The Hall–Kier alpha value is -2.72.